The highest BCUT2D eigenvalue weighted by Crippen LogP contribution is 2.65. The number of phenols is 1. The molecule has 9 nitrogen and oxygen atoms in total. The van der Waals surface area contributed by atoms with Crippen LogP contribution in [0.3, 0.4) is 0 Å². The van der Waals surface area contributed by atoms with Crippen LogP contribution in [0.2, 0.25) is 0 Å². The zero-order valence-electron chi connectivity index (χ0n) is 29.0. The molecule has 52 heavy (non-hydrogen) atoms. The molecule has 10 heteroatoms. The number of carbonyl (C=O) groups excluding carboxylic acids is 4. The van der Waals surface area contributed by atoms with Crippen molar-refractivity contribution < 1.29 is 29.0 Å². The van der Waals surface area contributed by atoms with Crippen LogP contribution < -0.4 is 15.1 Å². The molecular formula is C42H38BrN3O6. The van der Waals surface area contributed by atoms with Crippen molar-refractivity contribution in [1.29, 1.82) is 0 Å². The monoisotopic (exact) mass is 759 g/mol. The van der Waals surface area contributed by atoms with E-state index in [9.17, 15) is 19.5 Å². The van der Waals surface area contributed by atoms with Gasteiger partial charge in [0.05, 0.1) is 41.7 Å². The van der Waals surface area contributed by atoms with E-state index >= 15 is 4.79 Å². The molecule has 0 bridgehead atoms. The molecule has 4 aromatic carbocycles. The van der Waals surface area contributed by atoms with Gasteiger partial charge in [-0.3, -0.25) is 29.5 Å². The lowest BCUT2D eigenvalue weighted by atomic mass is 9.49. The van der Waals surface area contributed by atoms with E-state index in [2.05, 4.69) is 21.4 Å². The summed E-state index contributed by atoms with van der Waals surface area (Å²) < 4.78 is 6.21. The van der Waals surface area contributed by atoms with Crippen LogP contribution in [0.1, 0.15) is 47.9 Å². The third-order valence-electron chi connectivity index (χ3n) is 11.6. The molecule has 2 aliphatic heterocycles. The summed E-state index contributed by atoms with van der Waals surface area (Å²) >= 11 is 3.59. The molecule has 3 fully saturated rings. The largest absolute Gasteiger partial charge is 0.504 e. The number of anilines is 2. The second-order valence-electron chi connectivity index (χ2n) is 14.2. The number of allylic oxidation sites excluding steroid dienone is 2. The summed E-state index contributed by atoms with van der Waals surface area (Å²) in [6.45, 7) is 4.00. The summed E-state index contributed by atoms with van der Waals surface area (Å²) in [6, 6.07) is 27.5. The number of aromatic hydroxyl groups is 1. The number of rotatable bonds is 7. The number of imide groups is 2. The number of aryl methyl sites for hydroxylation is 2. The lowest BCUT2D eigenvalue weighted by Gasteiger charge is -2.50. The van der Waals surface area contributed by atoms with Crippen LogP contribution in [-0.2, 0) is 31.0 Å². The first kappa shape index (κ1) is 33.9. The van der Waals surface area contributed by atoms with Crippen molar-refractivity contribution in [2.75, 3.05) is 17.4 Å². The molecule has 264 valence electrons. The lowest BCUT2D eigenvalue weighted by Crippen LogP contribution is -2.53. The van der Waals surface area contributed by atoms with Gasteiger partial charge in [0.2, 0.25) is 11.8 Å². The number of amides is 4. The zero-order valence-corrected chi connectivity index (χ0v) is 30.6. The number of nitrogens with zero attached hydrogens (tertiary/aromatic N) is 2. The molecule has 0 radical (unpaired) electrons. The number of carbonyl (C=O) groups is 4. The highest BCUT2D eigenvalue weighted by molar-refractivity contribution is 9.10. The Kier molecular flexibility index (Phi) is 8.33. The van der Waals surface area contributed by atoms with E-state index in [4.69, 9.17) is 4.74 Å². The summed E-state index contributed by atoms with van der Waals surface area (Å²) in [5, 5.41) is 13.0. The second kappa shape index (κ2) is 12.8. The van der Waals surface area contributed by atoms with Gasteiger partial charge in [0, 0.05) is 16.0 Å². The predicted octanol–water partition coefficient (Wildman–Crippen LogP) is 7.22. The van der Waals surface area contributed by atoms with Crippen LogP contribution in [0.15, 0.2) is 107 Å². The quantitative estimate of drug-likeness (QED) is 0.151. The van der Waals surface area contributed by atoms with Gasteiger partial charge in [-0.15, -0.1) is 0 Å². The highest BCUT2D eigenvalue weighted by Gasteiger charge is 2.70. The van der Waals surface area contributed by atoms with Crippen molar-refractivity contribution in [2.24, 2.45) is 23.7 Å². The number of hydrogen-bond donors (Lipinski definition) is 2. The highest BCUT2D eigenvalue weighted by atomic mass is 79.9. The predicted molar refractivity (Wildman–Crippen MR) is 199 cm³/mol. The van der Waals surface area contributed by atoms with Crippen molar-refractivity contribution in [3.05, 3.63) is 129 Å². The Morgan fingerprint density at radius 3 is 2.29 bits per heavy atom. The van der Waals surface area contributed by atoms with Gasteiger partial charge in [0.1, 0.15) is 0 Å². The van der Waals surface area contributed by atoms with Gasteiger partial charge in [-0.2, -0.15) is 5.01 Å². The van der Waals surface area contributed by atoms with Crippen LogP contribution >= 0.6 is 15.9 Å². The molecule has 0 aromatic heterocycles. The van der Waals surface area contributed by atoms with Gasteiger partial charge in [0.15, 0.2) is 11.5 Å². The average Bonchev–Trinajstić information content (AvgIpc) is 3.54. The SMILES string of the molecule is CCc1ccc(N2C(=O)C3CC=C4C(CC5C(=O)N(Nc6ccc(C)cc6)C(=O)C5(c5ccccc5)C4c4cc(Br)cc(OC)c4O)C3C2=O)cc1. The maximum atomic E-state index is 15.3. The fraction of sp³-hybridized carbons (Fsp3) is 0.286. The summed E-state index contributed by atoms with van der Waals surface area (Å²) in [5.74, 6) is -5.25. The molecule has 2 aliphatic carbocycles. The van der Waals surface area contributed by atoms with Crippen LogP contribution in [0, 0.1) is 30.6 Å². The molecular weight excluding hydrogens is 722 g/mol. The normalized spacial score (nSPS) is 26.5. The van der Waals surface area contributed by atoms with E-state index < -0.39 is 46.8 Å². The van der Waals surface area contributed by atoms with Crippen molar-refractivity contribution in [3.63, 3.8) is 0 Å². The summed E-state index contributed by atoms with van der Waals surface area (Å²) in [7, 11) is 1.46. The lowest BCUT2D eigenvalue weighted by molar-refractivity contribution is -0.138. The maximum Gasteiger partial charge on any atom is 0.260 e. The number of phenolic OH excluding ortho intramolecular Hbond substituents is 1. The van der Waals surface area contributed by atoms with Crippen LogP contribution in [0.4, 0.5) is 11.4 Å². The maximum absolute atomic E-state index is 15.3. The molecule has 1 saturated carbocycles. The number of hydrazine groups is 1. The van der Waals surface area contributed by atoms with Gasteiger partial charge < -0.3 is 9.84 Å². The van der Waals surface area contributed by atoms with E-state index in [1.807, 2.05) is 98.8 Å². The minimum atomic E-state index is -1.52. The third-order valence-corrected chi connectivity index (χ3v) is 12.1. The Morgan fingerprint density at radius 2 is 1.62 bits per heavy atom. The Balaban J connectivity index is 1.33. The minimum absolute atomic E-state index is 0.155. The van der Waals surface area contributed by atoms with Crippen LogP contribution in [0.5, 0.6) is 11.5 Å². The van der Waals surface area contributed by atoms with Gasteiger partial charge in [0.25, 0.3) is 11.8 Å². The molecule has 6 unspecified atom stereocenters. The van der Waals surface area contributed by atoms with Gasteiger partial charge >= 0.3 is 0 Å². The Morgan fingerprint density at radius 1 is 0.904 bits per heavy atom. The van der Waals surface area contributed by atoms with Gasteiger partial charge in [-0.05, 0) is 79.6 Å². The van der Waals surface area contributed by atoms with Crippen molar-refractivity contribution in [2.45, 2.75) is 44.4 Å². The van der Waals surface area contributed by atoms with E-state index in [-0.39, 0.29) is 36.2 Å². The van der Waals surface area contributed by atoms with Crippen molar-refractivity contribution >= 4 is 50.9 Å². The van der Waals surface area contributed by atoms with E-state index in [1.165, 1.54) is 12.0 Å². The summed E-state index contributed by atoms with van der Waals surface area (Å²) in [5.41, 5.74) is 6.54. The standard InChI is InChI=1S/C42H38BrN3O6/c1-4-24-12-16-28(17-13-24)45-38(48)30-19-18-29-31(35(30)40(45)50)22-33-39(49)46(44-27-14-10-23(2)11-15-27)41(51)42(33,25-8-6-5-7-9-25)36(29)32-20-26(43)21-34(52-3)37(32)47/h5-18,20-21,30-31,33,35-36,44,47H,4,19,22H2,1-3H3. The zero-order chi connectivity index (χ0) is 36.5. The molecule has 8 rings (SSSR count). The van der Waals surface area contributed by atoms with Crippen molar-refractivity contribution in [1.82, 2.24) is 5.01 Å². The molecule has 2 N–H and O–H groups in total. The van der Waals surface area contributed by atoms with Gasteiger partial charge in [-0.1, -0.05) is 94.7 Å². The first-order valence-electron chi connectivity index (χ1n) is 17.6. The fourth-order valence-corrected chi connectivity index (χ4v) is 9.65. The minimum Gasteiger partial charge on any atom is -0.504 e. The van der Waals surface area contributed by atoms with Crippen LogP contribution in [0.25, 0.3) is 0 Å². The molecule has 4 aromatic rings. The van der Waals surface area contributed by atoms with E-state index in [0.29, 0.717) is 27.0 Å². The molecule has 4 aliphatic rings. The molecule has 2 saturated heterocycles. The number of benzene rings is 4. The summed E-state index contributed by atoms with van der Waals surface area (Å²) in [6.07, 6.45) is 3.23. The Bertz CT molecular complexity index is 2150. The number of nitrogens with one attached hydrogen (secondary N) is 1. The Labute approximate surface area is 310 Å². The number of methoxy groups -OCH3 is 1. The fourth-order valence-electron chi connectivity index (χ4n) is 9.20. The number of fused-ring (bicyclic) bond motifs is 4. The molecule has 2 heterocycles. The average molecular weight is 761 g/mol. The first-order valence-corrected chi connectivity index (χ1v) is 18.4. The van der Waals surface area contributed by atoms with Crippen LogP contribution in [-0.4, -0.2) is 40.9 Å². The van der Waals surface area contributed by atoms with Crippen molar-refractivity contribution in [3.8, 4) is 11.5 Å². The molecule has 6 atom stereocenters. The molecule has 0 spiro atoms. The smallest absolute Gasteiger partial charge is 0.260 e. The third kappa shape index (κ3) is 4.94. The topological polar surface area (TPSA) is 116 Å². The summed E-state index contributed by atoms with van der Waals surface area (Å²) in [4.78, 5) is 60.2. The van der Waals surface area contributed by atoms with Gasteiger partial charge in [-0.25, -0.2) is 0 Å². The number of hydrogen-bond acceptors (Lipinski definition) is 7. The second-order valence-corrected chi connectivity index (χ2v) is 15.1. The number of ether oxygens (including phenoxy) is 1. The number of halogens is 1. The van der Waals surface area contributed by atoms with E-state index in [0.717, 1.165) is 28.1 Å². The Hall–Kier alpha value is -5.22. The molecule has 4 amide bonds. The first-order chi connectivity index (χ1) is 25.1. The van der Waals surface area contributed by atoms with E-state index in [1.54, 1.807) is 12.1 Å².